The number of aromatic nitrogens is 2. The minimum absolute atomic E-state index is 0.176. The molecule has 2 aromatic heterocycles. The molecule has 2 aliphatic rings. The van der Waals surface area contributed by atoms with E-state index in [1.165, 1.54) is 18.3 Å². The molecule has 212 valence electrons. The van der Waals surface area contributed by atoms with E-state index in [2.05, 4.69) is 20.6 Å². The summed E-state index contributed by atoms with van der Waals surface area (Å²) < 4.78 is 51.7. The number of carbonyl (C=O) groups excluding carboxylic acids is 2. The molecule has 2 amide bonds. The number of ether oxygens (including phenoxy) is 2. The number of benzene rings is 1. The van der Waals surface area contributed by atoms with Gasteiger partial charge in [0.05, 0.1) is 34.7 Å². The molecule has 1 atom stereocenters. The number of nitrogens with zero attached hydrogens (tertiary/aromatic N) is 2. The van der Waals surface area contributed by atoms with Crippen molar-refractivity contribution in [1.82, 2.24) is 20.2 Å². The first-order valence-electron chi connectivity index (χ1n) is 12.9. The molecule has 1 saturated heterocycles. The maximum atomic E-state index is 13.4. The van der Waals surface area contributed by atoms with Gasteiger partial charge < -0.3 is 30.0 Å². The van der Waals surface area contributed by atoms with Gasteiger partial charge in [-0.2, -0.15) is 13.2 Å². The Morgan fingerprint density at radius 3 is 2.73 bits per heavy atom. The number of likely N-dealkylation sites (tertiary alicyclic amines) is 1. The number of H-pyrrole nitrogens is 1. The lowest BCUT2D eigenvalue weighted by Crippen LogP contribution is -2.55. The zero-order valence-electron chi connectivity index (χ0n) is 22.3. The van der Waals surface area contributed by atoms with Crippen molar-refractivity contribution in [3.63, 3.8) is 0 Å². The van der Waals surface area contributed by atoms with Crippen molar-refractivity contribution in [2.75, 3.05) is 25.0 Å². The number of carbonyl (C=O) groups is 2. The van der Waals surface area contributed by atoms with Crippen LogP contribution in [0.4, 0.5) is 29.3 Å². The molecule has 12 heteroatoms. The Hall–Kier alpha value is -4.22. The van der Waals surface area contributed by atoms with E-state index in [0.717, 1.165) is 18.6 Å². The van der Waals surface area contributed by atoms with Gasteiger partial charge in [0.15, 0.2) is 0 Å². The minimum atomic E-state index is -4.52. The molecule has 3 N–H and O–H groups in total. The smallest absolute Gasteiger partial charge is 0.416 e. The van der Waals surface area contributed by atoms with E-state index in [-0.39, 0.29) is 24.2 Å². The number of halogens is 3. The molecule has 0 radical (unpaired) electrons. The van der Waals surface area contributed by atoms with Crippen LogP contribution in [0.25, 0.3) is 11.3 Å². The quantitative estimate of drug-likeness (QED) is 0.369. The molecule has 2 aliphatic heterocycles. The number of pyridine rings is 1. The summed E-state index contributed by atoms with van der Waals surface area (Å²) in [6.07, 6.45) is -0.571. The predicted molar refractivity (Wildman–Crippen MR) is 142 cm³/mol. The highest BCUT2D eigenvalue weighted by atomic mass is 19.4. The van der Waals surface area contributed by atoms with Gasteiger partial charge in [-0.05, 0) is 51.5 Å². The highest BCUT2D eigenvalue weighted by Gasteiger charge is 2.36. The summed E-state index contributed by atoms with van der Waals surface area (Å²) in [4.78, 5) is 34.5. The second-order valence-corrected chi connectivity index (χ2v) is 10.7. The molecule has 40 heavy (non-hydrogen) atoms. The van der Waals surface area contributed by atoms with Gasteiger partial charge in [0.2, 0.25) is 0 Å². The number of fused-ring (bicyclic) bond motifs is 1. The highest BCUT2D eigenvalue weighted by molar-refractivity contribution is 6.06. The number of alkyl halides is 3. The number of rotatable bonds is 6. The molecule has 9 nitrogen and oxygen atoms in total. The topological polar surface area (TPSA) is 109 Å². The van der Waals surface area contributed by atoms with Crippen LogP contribution in [0.15, 0.2) is 42.7 Å². The van der Waals surface area contributed by atoms with Crippen LogP contribution < -0.4 is 15.4 Å². The molecule has 0 spiro atoms. The van der Waals surface area contributed by atoms with Crippen LogP contribution in [0.2, 0.25) is 0 Å². The fourth-order valence-electron chi connectivity index (χ4n) is 4.69. The first-order chi connectivity index (χ1) is 18.9. The minimum Gasteiger partial charge on any atom is -0.489 e. The largest absolute Gasteiger partial charge is 0.489 e. The van der Waals surface area contributed by atoms with Crippen molar-refractivity contribution < 1.29 is 32.2 Å². The van der Waals surface area contributed by atoms with Gasteiger partial charge in [-0.1, -0.05) is 6.07 Å². The third-order valence-corrected chi connectivity index (χ3v) is 6.68. The number of hydrogen-bond donors (Lipinski definition) is 3. The van der Waals surface area contributed by atoms with E-state index in [4.69, 9.17) is 9.47 Å². The molecule has 0 aliphatic carbocycles. The van der Waals surface area contributed by atoms with Crippen LogP contribution in [0.1, 0.15) is 48.8 Å². The fourth-order valence-corrected chi connectivity index (χ4v) is 4.69. The maximum absolute atomic E-state index is 13.4. The molecule has 1 fully saturated rings. The number of nitrogens with one attached hydrogen (secondary N) is 3. The summed E-state index contributed by atoms with van der Waals surface area (Å²) in [6.45, 7) is 6.59. The zero-order valence-corrected chi connectivity index (χ0v) is 22.3. The molecule has 0 saturated carbocycles. The molecule has 5 rings (SSSR count). The first-order valence-corrected chi connectivity index (χ1v) is 12.9. The third kappa shape index (κ3) is 5.70. The van der Waals surface area contributed by atoms with Gasteiger partial charge in [0.25, 0.3) is 5.91 Å². The van der Waals surface area contributed by atoms with Gasteiger partial charge in [-0.3, -0.25) is 9.78 Å². The Kier molecular flexibility index (Phi) is 7.11. The summed E-state index contributed by atoms with van der Waals surface area (Å²) in [5, 5.41) is 5.84. The predicted octanol–water partition coefficient (Wildman–Crippen LogP) is 5.51. The van der Waals surface area contributed by atoms with Crippen LogP contribution >= 0.6 is 0 Å². The Morgan fingerprint density at radius 2 is 2.02 bits per heavy atom. The fraction of sp³-hybridized carbons (Fsp3) is 0.393. The van der Waals surface area contributed by atoms with Gasteiger partial charge in [-0.25, -0.2) is 4.79 Å². The van der Waals surface area contributed by atoms with Crippen LogP contribution in [0.5, 0.6) is 5.75 Å². The van der Waals surface area contributed by atoms with Crippen molar-refractivity contribution in [2.24, 2.45) is 0 Å². The lowest BCUT2D eigenvalue weighted by Gasteiger charge is -2.41. The lowest BCUT2D eigenvalue weighted by molar-refractivity contribution is -0.137. The molecule has 3 aromatic rings. The molecule has 0 unspecified atom stereocenters. The Bertz CT molecular complexity index is 1430. The number of amides is 2. The summed E-state index contributed by atoms with van der Waals surface area (Å²) in [5.74, 6) is 0.0573. The second-order valence-electron chi connectivity index (χ2n) is 10.7. The summed E-state index contributed by atoms with van der Waals surface area (Å²) >= 11 is 0. The standard InChI is InChI=1S/C28H30F3N5O4/c1-27(2,3)40-26(38)36-12-9-18(36)15-39-21-14-32-10-7-19(21)23-24(22-20(35-23)8-11-33-25(22)37)34-17-6-4-5-16(13-17)28(29,30)31/h4-7,10,13-14,18,34-35H,8-9,11-12,15H2,1-3H3,(H,33,37)/t18-/m1/s1. The van der Waals surface area contributed by atoms with Crippen LogP contribution in [0, 0.1) is 0 Å². The van der Waals surface area contributed by atoms with E-state index >= 15 is 0 Å². The van der Waals surface area contributed by atoms with E-state index in [0.29, 0.717) is 53.5 Å². The SMILES string of the molecule is CC(C)(C)OC(=O)N1CC[C@@H]1COc1cnccc1-c1[nH]c2c(c1Nc1cccc(C(F)(F)F)c1)C(=O)NCC2. The normalized spacial score (nSPS) is 17.0. The monoisotopic (exact) mass is 557 g/mol. The highest BCUT2D eigenvalue weighted by Crippen LogP contribution is 2.41. The van der Waals surface area contributed by atoms with Gasteiger partial charge in [0, 0.05) is 42.7 Å². The molecular weight excluding hydrogens is 527 g/mol. The van der Waals surface area contributed by atoms with Gasteiger partial charge in [-0.15, -0.1) is 0 Å². The van der Waals surface area contributed by atoms with E-state index in [9.17, 15) is 22.8 Å². The Morgan fingerprint density at radius 1 is 1.23 bits per heavy atom. The summed E-state index contributed by atoms with van der Waals surface area (Å²) in [7, 11) is 0. The van der Waals surface area contributed by atoms with Crippen molar-refractivity contribution in [3.05, 3.63) is 59.5 Å². The van der Waals surface area contributed by atoms with Gasteiger partial charge >= 0.3 is 12.3 Å². The number of hydrogen-bond acceptors (Lipinski definition) is 6. The zero-order chi connectivity index (χ0) is 28.7. The molecule has 0 bridgehead atoms. The van der Waals surface area contributed by atoms with Crippen molar-refractivity contribution in [1.29, 1.82) is 0 Å². The molecule has 1 aromatic carbocycles. The van der Waals surface area contributed by atoms with Crippen molar-refractivity contribution >= 4 is 23.4 Å². The molecule has 4 heterocycles. The van der Waals surface area contributed by atoms with Crippen LogP contribution in [0.3, 0.4) is 0 Å². The van der Waals surface area contributed by atoms with E-state index in [1.807, 2.05) is 0 Å². The Balaban J connectivity index is 1.44. The number of aromatic amines is 1. The average molecular weight is 558 g/mol. The molecular formula is C28H30F3N5O4. The lowest BCUT2D eigenvalue weighted by atomic mass is 10.0. The van der Waals surface area contributed by atoms with Crippen molar-refractivity contribution in [2.45, 2.75) is 51.4 Å². The van der Waals surface area contributed by atoms with E-state index in [1.54, 1.807) is 37.9 Å². The Labute approximate surface area is 229 Å². The summed E-state index contributed by atoms with van der Waals surface area (Å²) in [5.41, 5.74) is 1.12. The van der Waals surface area contributed by atoms with Crippen LogP contribution in [-0.2, 0) is 17.3 Å². The second kappa shape index (κ2) is 10.4. The van der Waals surface area contributed by atoms with E-state index < -0.39 is 23.4 Å². The number of anilines is 2. The van der Waals surface area contributed by atoms with Crippen molar-refractivity contribution in [3.8, 4) is 17.0 Å². The summed E-state index contributed by atoms with van der Waals surface area (Å²) in [6, 6.07) is 6.31. The maximum Gasteiger partial charge on any atom is 0.416 e. The van der Waals surface area contributed by atoms with Gasteiger partial charge in [0.1, 0.15) is 18.0 Å². The average Bonchev–Trinajstić information content (AvgIpc) is 3.21. The third-order valence-electron chi connectivity index (χ3n) is 6.68. The van der Waals surface area contributed by atoms with Crippen LogP contribution in [-0.4, -0.2) is 58.2 Å². The first kappa shape index (κ1) is 27.4.